The summed E-state index contributed by atoms with van der Waals surface area (Å²) in [5.74, 6) is -0.707. The van der Waals surface area contributed by atoms with Crippen LogP contribution in [0, 0.1) is 5.92 Å². The minimum Gasteiger partial charge on any atom is -0.477 e. The minimum atomic E-state index is -1.02. The fourth-order valence-electron chi connectivity index (χ4n) is 3.91. The number of nitrogens with zero attached hydrogens (tertiary/aromatic N) is 3. The second-order valence-electron chi connectivity index (χ2n) is 7.65. The highest BCUT2D eigenvalue weighted by atomic mass is 16.4. The SMILES string of the molecule is O=C(O)c1cc(N2CCC(C(=O)N(Cc3ccccc3)C3CC3)CC2)ccn1. The molecule has 146 valence electrons. The molecule has 0 spiro atoms. The number of benzene rings is 1. The molecule has 4 rings (SSSR count). The molecule has 6 heteroatoms. The number of carboxylic acid groups (broad SMARTS) is 1. The summed E-state index contributed by atoms with van der Waals surface area (Å²) >= 11 is 0. The Morgan fingerprint density at radius 2 is 1.79 bits per heavy atom. The number of pyridine rings is 1. The van der Waals surface area contributed by atoms with Gasteiger partial charge < -0.3 is 14.9 Å². The van der Waals surface area contributed by atoms with Crippen molar-refractivity contribution in [1.82, 2.24) is 9.88 Å². The van der Waals surface area contributed by atoms with Crippen LogP contribution >= 0.6 is 0 Å². The second kappa shape index (κ2) is 8.00. The van der Waals surface area contributed by atoms with Crippen molar-refractivity contribution in [3.8, 4) is 0 Å². The molecule has 1 saturated carbocycles. The van der Waals surface area contributed by atoms with Crippen molar-refractivity contribution < 1.29 is 14.7 Å². The topological polar surface area (TPSA) is 73.7 Å². The summed E-state index contributed by atoms with van der Waals surface area (Å²) in [6.07, 6.45) is 5.33. The highest BCUT2D eigenvalue weighted by Crippen LogP contribution is 2.32. The van der Waals surface area contributed by atoms with E-state index >= 15 is 0 Å². The van der Waals surface area contributed by atoms with Crippen LogP contribution in [-0.4, -0.2) is 46.0 Å². The van der Waals surface area contributed by atoms with E-state index in [0.717, 1.165) is 44.5 Å². The lowest BCUT2D eigenvalue weighted by molar-refractivity contribution is -0.137. The summed E-state index contributed by atoms with van der Waals surface area (Å²) in [7, 11) is 0. The van der Waals surface area contributed by atoms with Crippen LogP contribution in [0.25, 0.3) is 0 Å². The maximum atomic E-state index is 13.2. The maximum absolute atomic E-state index is 13.2. The maximum Gasteiger partial charge on any atom is 0.354 e. The van der Waals surface area contributed by atoms with Gasteiger partial charge in [-0.3, -0.25) is 4.79 Å². The number of carbonyl (C=O) groups is 2. The zero-order chi connectivity index (χ0) is 19.5. The molecule has 1 aliphatic heterocycles. The summed E-state index contributed by atoms with van der Waals surface area (Å²) in [4.78, 5) is 32.4. The number of amides is 1. The first-order valence-electron chi connectivity index (χ1n) is 9.90. The first-order valence-corrected chi connectivity index (χ1v) is 9.90. The quantitative estimate of drug-likeness (QED) is 0.834. The summed E-state index contributed by atoms with van der Waals surface area (Å²) in [5, 5.41) is 9.13. The third-order valence-electron chi connectivity index (χ3n) is 5.64. The lowest BCUT2D eigenvalue weighted by Crippen LogP contribution is -2.43. The Bertz CT molecular complexity index is 843. The van der Waals surface area contributed by atoms with Crippen molar-refractivity contribution in [3.63, 3.8) is 0 Å². The fraction of sp³-hybridized carbons (Fsp3) is 0.409. The predicted octanol–water partition coefficient (Wildman–Crippen LogP) is 3.19. The molecular weight excluding hydrogens is 354 g/mol. The minimum absolute atomic E-state index is 0.0429. The van der Waals surface area contributed by atoms with Crippen molar-refractivity contribution >= 4 is 17.6 Å². The third-order valence-corrected chi connectivity index (χ3v) is 5.64. The van der Waals surface area contributed by atoms with Crippen LogP contribution in [0.15, 0.2) is 48.7 Å². The highest BCUT2D eigenvalue weighted by molar-refractivity contribution is 5.86. The van der Waals surface area contributed by atoms with Gasteiger partial charge in [0.1, 0.15) is 5.69 Å². The van der Waals surface area contributed by atoms with Gasteiger partial charge in [-0.1, -0.05) is 30.3 Å². The summed E-state index contributed by atoms with van der Waals surface area (Å²) in [6.45, 7) is 2.20. The number of rotatable bonds is 6. The van der Waals surface area contributed by atoms with E-state index in [9.17, 15) is 9.59 Å². The molecule has 1 aliphatic carbocycles. The average Bonchev–Trinajstić information content (AvgIpc) is 3.58. The predicted molar refractivity (Wildman–Crippen MR) is 106 cm³/mol. The first-order chi connectivity index (χ1) is 13.6. The van der Waals surface area contributed by atoms with Gasteiger partial charge >= 0.3 is 5.97 Å². The number of hydrogen-bond donors (Lipinski definition) is 1. The van der Waals surface area contributed by atoms with Crippen molar-refractivity contribution in [3.05, 3.63) is 59.9 Å². The van der Waals surface area contributed by atoms with Crippen LogP contribution in [-0.2, 0) is 11.3 Å². The van der Waals surface area contributed by atoms with E-state index in [1.807, 2.05) is 24.3 Å². The largest absolute Gasteiger partial charge is 0.477 e. The highest BCUT2D eigenvalue weighted by Gasteiger charge is 2.37. The van der Waals surface area contributed by atoms with Gasteiger partial charge in [-0.25, -0.2) is 9.78 Å². The molecule has 1 aromatic carbocycles. The second-order valence-corrected chi connectivity index (χ2v) is 7.65. The summed E-state index contributed by atoms with van der Waals surface area (Å²) < 4.78 is 0. The van der Waals surface area contributed by atoms with Crippen LogP contribution in [0.5, 0.6) is 0 Å². The van der Waals surface area contributed by atoms with Crippen molar-refractivity contribution in [2.75, 3.05) is 18.0 Å². The Hall–Kier alpha value is -2.89. The van der Waals surface area contributed by atoms with Gasteiger partial charge in [-0.05, 0) is 43.4 Å². The van der Waals surface area contributed by atoms with Crippen LogP contribution in [0.4, 0.5) is 5.69 Å². The molecule has 1 aromatic heterocycles. The number of piperidine rings is 1. The molecule has 1 amide bonds. The molecule has 0 radical (unpaired) electrons. The summed E-state index contributed by atoms with van der Waals surface area (Å²) in [6, 6.07) is 14.0. The molecule has 0 bridgehead atoms. The van der Waals surface area contributed by atoms with Crippen LogP contribution < -0.4 is 4.90 Å². The van der Waals surface area contributed by atoms with Gasteiger partial charge in [0.05, 0.1) is 0 Å². The number of hydrogen-bond acceptors (Lipinski definition) is 4. The van der Waals surface area contributed by atoms with Crippen molar-refractivity contribution in [1.29, 1.82) is 0 Å². The summed E-state index contributed by atoms with van der Waals surface area (Å²) in [5.41, 5.74) is 2.10. The average molecular weight is 379 g/mol. The number of aromatic carboxylic acids is 1. The first kappa shape index (κ1) is 18.5. The molecule has 6 nitrogen and oxygen atoms in total. The van der Waals surface area contributed by atoms with Gasteiger partial charge in [0, 0.05) is 43.5 Å². The number of carbonyl (C=O) groups excluding carboxylic acids is 1. The van der Waals surface area contributed by atoms with E-state index in [1.54, 1.807) is 6.07 Å². The Labute approximate surface area is 164 Å². The normalized spacial score (nSPS) is 17.4. The Balaban J connectivity index is 1.39. The molecule has 2 heterocycles. The van der Waals surface area contributed by atoms with Crippen LogP contribution in [0.1, 0.15) is 41.7 Å². The molecule has 28 heavy (non-hydrogen) atoms. The smallest absolute Gasteiger partial charge is 0.354 e. The van der Waals surface area contributed by atoms with Gasteiger partial charge in [0.2, 0.25) is 5.91 Å². The molecule has 2 aromatic rings. The van der Waals surface area contributed by atoms with E-state index in [2.05, 4.69) is 26.9 Å². The van der Waals surface area contributed by atoms with Gasteiger partial charge in [0.15, 0.2) is 0 Å². The van der Waals surface area contributed by atoms with Crippen molar-refractivity contribution in [2.24, 2.45) is 5.92 Å². The lowest BCUT2D eigenvalue weighted by Gasteiger charge is -2.35. The van der Waals surface area contributed by atoms with E-state index in [-0.39, 0.29) is 17.5 Å². The van der Waals surface area contributed by atoms with Crippen LogP contribution in [0.2, 0.25) is 0 Å². The van der Waals surface area contributed by atoms with Crippen LogP contribution in [0.3, 0.4) is 0 Å². The Morgan fingerprint density at radius 3 is 2.43 bits per heavy atom. The zero-order valence-electron chi connectivity index (χ0n) is 15.8. The van der Waals surface area contributed by atoms with Crippen molar-refractivity contribution in [2.45, 2.75) is 38.3 Å². The number of anilines is 1. The van der Waals surface area contributed by atoms with Gasteiger partial charge in [-0.2, -0.15) is 0 Å². The fourth-order valence-corrected chi connectivity index (χ4v) is 3.91. The molecule has 2 fully saturated rings. The molecular formula is C22H25N3O3. The van der Waals surface area contributed by atoms with E-state index in [0.29, 0.717) is 12.6 Å². The molecule has 1 N–H and O–H groups in total. The Morgan fingerprint density at radius 1 is 1.07 bits per heavy atom. The molecule has 0 atom stereocenters. The van der Waals surface area contributed by atoms with Gasteiger partial charge in [0.25, 0.3) is 0 Å². The Kier molecular flexibility index (Phi) is 5.28. The number of aromatic nitrogens is 1. The monoisotopic (exact) mass is 379 g/mol. The zero-order valence-corrected chi connectivity index (χ0v) is 15.8. The standard InChI is InChI=1S/C22H25N3O3/c26-21(25(18-6-7-18)15-16-4-2-1-3-5-16)17-9-12-24(13-10-17)19-8-11-23-20(14-19)22(27)28/h1-5,8,11,14,17-18H,6-7,9-10,12-13,15H2,(H,27,28). The van der Waals surface area contributed by atoms with Gasteiger partial charge in [-0.15, -0.1) is 0 Å². The third kappa shape index (κ3) is 4.16. The van der Waals surface area contributed by atoms with E-state index in [4.69, 9.17) is 5.11 Å². The molecule has 2 aliphatic rings. The molecule has 1 saturated heterocycles. The van der Waals surface area contributed by atoms with E-state index < -0.39 is 5.97 Å². The number of carboxylic acids is 1. The lowest BCUT2D eigenvalue weighted by atomic mass is 9.94. The van der Waals surface area contributed by atoms with E-state index in [1.165, 1.54) is 11.8 Å². The molecule has 0 unspecified atom stereocenters.